The third-order valence-electron chi connectivity index (χ3n) is 6.74. The van der Waals surface area contributed by atoms with Crippen molar-refractivity contribution >= 4 is 0 Å². The van der Waals surface area contributed by atoms with Crippen molar-refractivity contribution in [1.29, 1.82) is 0 Å². The van der Waals surface area contributed by atoms with E-state index in [9.17, 15) is 0 Å². The highest BCUT2D eigenvalue weighted by molar-refractivity contribution is 5.12. The van der Waals surface area contributed by atoms with Crippen LogP contribution in [0.15, 0.2) is 55.6 Å². The van der Waals surface area contributed by atoms with Crippen LogP contribution in [0, 0.1) is 5.92 Å². The molecule has 0 aliphatic heterocycles. The van der Waals surface area contributed by atoms with E-state index in [0.717, 1.165) is 25.3 Å². The average Bonchev–Trinajstić information content (AvgIpc) is 2.81. The quantitative estimate of drug-likeness (QED) is 0.144. The highest BCUT2D eigenvalue weighted by atomic mass is 35.5. The van der Waals surface area contributed by atoms with Crippen molar-refractivity contribution in [3.05, 3.63) is 61.2 Å². The maximum absolute atomic E-state index is 3.89. The summed E-state index contributed by atoms with van der Waals surface area (Å²) in [6.07, 6.45) is 29.3. The van der Waals surface area contributed by atoms with Crippen LogP contribution in [-0.4, -0.2) is 6.54 Å². The van der Waals surface area contributed by atoms with Crippen LogP contribution in [0.3, 0.4) is 0 Å². The van der Waals surface area contributed by atoms with E-state index in [1.54, 1.807) is 0 Å². The van der Waals surface area contributed by atoms with E-state index in [-0.39, 0.29) is 12.4 Å². The summed E-state index contributed by atoms with van der Waals surface area (Å²) >= 11 is 0. The standard InChI is InChI=1S/C31H53N.ClH/c1-3-23-30(24-4-2)25-19-16-14-12-10-8-6-5-7-9-11-13-15-17-22-28-32-29-31-26-20-18-21-27-31;/h3-4,18,20-21,26-27,30,32H,1-2,5-17,19,22-25,28-29H2;1H. The monoisotopic (exact) mass is 475 g/mol. The molecule has 0 radical (unpaired) electrons. The Labute approximate surface area is 213 Å². The molecule has 1 aromatic rings. The zero-order chi connectivity index (χ0) is 23.0. The lowest BCUT2D eigenvalue weighted by molar-refractivity contribution is -0.671. The Hall–Kier alpha value is -1.05. The van der Waals surface area contributed by atoms with Crippen LogP contribution in [0.4, 0.5) is 0 Å². The molecule has 0 bridgehead atoms. The van der Waals surface area contributed by atoms with Crippen molar-refractivity contribution in [2.45, 2.75) is 122 Å². The Bertz CT molecular complexity index is 517. The Morgan fingerprint density at radius 3 is 1.48 bits per heavy atom. The summed E-state index contributed by atoms with van der Waals surface area (Å²) in [6.45, 7) is 10.2. The molecule has 0 heterocycles. The first-order chi connectivity index (χ1) is 15.9. The fourth-order valence-corrected chi connectivity index (χ4v) is 4.71. The molecule has 0 unspecified atom stereocenters. The molecule has 0 amide bonds. The van der Waals surface area contributed by atoms with Gasteiger partial charge in [0.05, 0.1) is 6.54 Å². The van der Waals surface area contributed by atoms with Gasteiger partial charge in [0.2, 0.25) is 0 Å². The Morgan fingerprint density at radius 1 is 0.606 bits per heavy atom. The predicted molar refractivity (Wildman–Crippen MR) is 144 cm³/mol. The number of halogens is 1. The van der Waals surface area contributed by atoms with Gasteiger partial charge < -0.3 is 17.7 Å². The third-order valence-corrected chi connectivity index (χ3v) is 6.74. The maximum atomic E-state index is 3.89. The SMILES string of the molecule is C=CCC(CC=C)CCCCCCCCCCCCCCCCC[NH2+]Cc1ccccc1.[Cl-]. The van der Waals surface area contributed by atoms with E-state index in [0.29, 0.717) is 0 Å². The zero-order valence-electron chi connectivity index (χ0n) is 21.6. The molecule has 0 fully saturated rings. The molecule has 190 valence electrons. The second-order valence-corrected chi connectivity index (χ2v) is 9.77. The summed E-state index contributed by atoms with van der Waals surface area (Å²) in [6, 6.07) is 10.8. The molecule has 0 saturated heterocycles. The molecule has 0 spiro atoms. The molecule has 1 rings (SSSR count). The third kappa shape index (κ3) is 21.2. The first-order valence-electron chi connectivity index (χ1n) is 13.9. The van der Waals surface area contributed by atoms with Crippen LogP contribution in [-0.2, 0) is 6.54 Å². The molecule has 0 aliphatic carbocycles. The van der Waals surface area contributed by atoms with Gasteiger partial charge in [-0.15, -0.1) is 13.2 Å². The molecule has 1 aromatic carbocycles. The van der Waals surface area contributed by atoms with E-state index in [2.05, 4.69) is 61.0 Å². The highest BCUT2D eigenvalue weighted by Gasteiger charge is 2.04. The minimum atomic E-state index is 0. The summed E-state index contributed by atoms with van der Waals surface area (Å²) in [7, 11) is 0. The van der Waals surface area contributed by atoms with Gasteiger partial charge in [0, 0.05) is 5.56 Å². The second-order valence-electron chi connectivity index (χ2n) is 9.77. The van der Waals surface area contributed by atoms with Crippen LogP contribution >= 0.6 is 0 Å². The second kappa shape index (κ2) is 25.6. The van der Waals surface area contributed by atoms with Crippen molar-refractivity contribution in [2.24, 2.45) is 5.92 Å². The van der Waals surface area contributed by atoms with Gasteiger partial charge in [0.15, 0.2) is 0 Å². The van der Waals surface area contributed by atoms with Crippen LogP contribution < -0.4 is 17.7 Å². The summed E-state index contributed by atoms with van der Waals surface area (Å²) in [5.41, 5.74) is 1.44. The molecular formula is C31H54ClN. The number of rotatable bonds is 24. The molecule has 33 heavy (non-hydrogen) atoms. The Morgan fingerprint density at radius 2 is 1.03 bits per heavy atom. The van der Waals surface area contributed by atoms with E-state index < -0.39 is 0 Å². The summed E-state index contributed by atoms with van der Waals surface area (Å²) in [5, 5.41) is 2.46. The maximum Gasteiger partial charge on any atom is 0.101 e. The molecule has 0 aliphatic rings. The summed E-state index contributed by atoms with van der Waals surface area (Å²) < 4.78 is 0. The lowest BCUT2D eigenvalue weighted by Crippen LogP contribution is -3.00. The minimum absolute atomic E-state index is 0. The molecule has 0 saturated carbocycles. The summed E-state index contributed by atoms with van der Waals surface area (Å²) in [4.78, 5) is 0. The van der Waals surface area contributed by atoms with E-state index in [1.165, 1.54) is 115 Å². The molecular weight excluding hydrogens is 422 g/mol. The molecule has 2 heteroatoms. The fraction of sp³-hybridized carbons (Fsp3) is 0.677. The van der Waals surface area contributed by atoms with Gasteiger partial charge in [-0.05, 0) is 38.0 Å². The van der Waals surface area contributed by atoms with Crippen LogP contribution in [0.25, 0.3) is 0 Å². The van der Waals surface area contributed by atoms with E-state index in [4.69, 9.17) is 0 Å². The number of hydrogen-bond acceptors (Lipinski definition) is 0. The van der Waals surface area contributed by atoms with Crippen molar-refractivity contribution in [1.82, 2.24) is 0 Å². The number of hydrogen-bond donors (Lipinski definition) is 1. The van der Waals surface area contributed by atoms with Crippen molar-refractivity contribution in [3.63, 3.8) is 0 Å². The minimum Gasteiger partial charge on any atom is -1.00 e. The van der Waals surface area contributed by atoms with Gasteiger partial charge in [0.25, 0.3) is 0 Å². The number of benzene rings is 1. The number of nitrogens with two attached hydrogens (primary N) is 1. The van der Waals surface area contributed by atoms with Gasteiger partial charge in [0.1, 0.15) is 6.54 Å². The fourth-order valence-electron chi connectivity index (χ4n) is 4.71. The lowest BCUT2D eigenvalue weighted by Gasteiger charge is -2.12. The first kappa shape index (κ1) is 31.9. The van der Waals surface area contributed by atoms with Gasteiger partial charge in [-0.25, -0.2) is 0 Å². The van der Waals surface area contributed by atoms with Gasteiger partial charge in [-0.3, -0.25) is 0 Å². The normalized spacial score (nSPS) is 10.8. The van der Waals surface area contributed by atoms with E-state index in [1.807, 2.05) is 0 Å². The van der Waals surface area contributed by atoms with Crippen molar-refractivity contribution < 1.29 is 17.7 Å². The molecule has 1 nitrogen and oxygen atoms in total. The highest BCUT2D eigenvalue weighted by Crippen LogP contribution is 2.19. The van der Waals surface area contributed by atoms with Crippen LogP contribution in [0.1, 0.15) is 121 Å². The largest absolute Gasteiger partial charge is 1.00 e. The topological polar surface area (TPSA) is 16.6 Å². The molecule has 0 aromatic heterocycles. The first-order valence-corrected chi connectivity index (χ1v) is 13.9. The van der Waals surface area contributed by atoms with Gasteiger partial charge in [-0.1, -0.05) is 126 Å². The van der Waals surface area contributed by atoms with Crippen LogP contribution in [0.5, 0.6) is 0 Å². The zero-order valence-corrected chi connectivity index (χ0v) is 22.4. The van der Waals surface area contributed by atoms with Crippen molar-refractivity contribution in [3.8, 4) is 0 Å². The van der Waals surface area contributed by atoms with Crippen molar-refractivity contribution in [2.75, 3.05) is 6.54 Å². The molecule has 2 N–H and O–H groups in total. The van der Waals surface area contributed by atoms with Gasteiger partial charge in [-0.2, -0.15) is 0 Å². The number of allylic oxidation sites excluding steroid dienone is 2. The Kier molecular flexibility index (Phi) is 24.8. The van der Waals surface area contributed by atoms with Crippen LogP contribution in [0.2, 0.25) is 0 Å². The average molecular weight is 476 g/mol. The number of quaternary nitrogens is 1. The number of unbranched alkanes of at least 4 members (excludes halogenated alkanes) is 14. The lowest BCUT2D eigenvalue weighted by atomic mass is 9.94. The van der Waals surface area contributed by atoms with E-state index >= 15 is 0 Å². The Balaban J connectivity index is 0.0000102. The molecule has 0 atom stereocenters. The summed E-state index contributed by atoms with van der Waals surface area (Å²) in [5.74, 6) is 0.786. The van der Waals surface area contributed by atoms with Gasteiger partial charge >= 0.3 is 0 Å². The predicted octanol–water partition coefficient (Wildman–Crippen LogP) is 5.76. The smallest absolute Gasteiger partial charge is 0.101 e.